The molecule has 9 fully saturated rings. The third-order valence-corrected chi connectivity index (χ3v) is 23.9. The molecule has 72 heavy (non-hydrogen) atoms. The monoisotopic (exact) mass is 984 g/mol. The van der Waals surface area contributed by atoms with Crippen molar-refractivity contribution in [3.05, 3.63) is 70.3 Å². The van der Waals surface area contributed by atoms with E-state index in [1.807, 2.05) is 32.2 Å². The minimum Gasteiger partial charge on any atom is -0.508 e. The van der Waals surface area contributed by atoms with Crippen LogP contribution >= 0.6 is 0 Å². The lowest BCUT2D eigenvalue weighted by molar-refractivity contribution is -0.206. The zero-order valence-electron chi connectivity index (χ0n) is 44.8. The van der Waals surface area contributed by atoms with Crippen LogP contribution in [0.4, 0.5) is 5.69 Å². The Labute approximate surface area is 431 Å². The Hall–Kier alpha value is -3.08. The number of carbonyl (C=O) groups excluding carboxylic acids is 2. The third kappa shape index (κ3) is 7.28. The van der Waals surface area contributed by atoms with Gasteiger partial charge in [-0.25, -0.2) is 0 Å². The van der Waals surface area contributed by atoms with Crippen molar-refractivity contribution < 1.29 is 29.6 Å². The van der Waals surface area contributed by atoms with Gasteiger partial charge in [0.25, 0.3) is 0 Å². The minimum atomic E-state index is -0.863. The Morgan fingerprint density at radius 2 is 1.68 bits per heavy atom. The van der Waals surface area contributed by atoms with Gasteiger partial charge in [0.05, 0.1) is 22.7 Å². The van der Waals surface area contributed by atoms with Gasteiger partial charge in [0.2, 0.25) is 0 Å². The summed E-state index contributed by atoms with van der Waals surface area (Å²) in [6.07, 6.45) is 18.8. The first-order chi connectivity index (χ1) is 34.3. The second kappa shape index (κ2) is 17.5. The average molecular weight is 984 g/mol. The van der Waals surface area contributed by atoms with Crippen LogP contribution in [0.25, 0.3) is 0 Å². The summed E-state index contributed by atoms with van der Waals surface area (Å²) in [5.41, 5.74) is 9.32. The molecule has 5 bridgehead atoms. The standard InChI is InChI=1S/C63H89N3O6/c1-57(71)24-9-10-25-58(2)54-48(66-36-57)32-60(4)50-23-22-47-52(49(68)33-63(47,60)27-13-26-62(56(58)70,35-59(50,54)3)40-28-37(34-65-6)29-42(67)31-40)51-44-17-8-7-14-38(44)20-21-45(51)53(69)55-61(5,72-55)46-19-12-18-43(46)39-15-11-16-41(64)30-39/h11,15-16,28-31,38,43-46,48,50-51,53-55,65-67,69,71H,7-10,12-14,17-27,32-36,64H2,1-6H3/t38-,43+,44-,45-,46-,48+,50-,51-,53-,54+,55-,57+,58-,59+,60+,61-,62+,63+/m1/s1. The van der Waals surface area contributed by atoms with E-state index < -0.39 is 28.1 Å². The number of ketones is 2. The van der Waals surface area contributed by atoms with E-state index in [1.165, 1.54) is 30.4 Å². The summed E-state index contributed by atoms with van der Waals surface area (Å²) in [6, 6.07) is 14.4. The van der Waals surface area contributed by atoms with E-state index in [0.29, 0.717) is 67.6 Å². The van der Waals surface area contributed by atoms with Gasteiger partial charge < -0.3 is 36.4 Å². The number of aromatic hydroxyl groups is 1. The molecule has 2 aliphatic heterocycles. The van der Waals surface area contributed by atoms with Crippen molar-refractivity contribution in [1.82, 2.24) is 10.6 Å². The molecule has 10 aliphatic rings. The number of ether oxygens (including phenoxy) is 1. The van der Waals surface area contributed by atoms with Gasteiger partial charge >= 0.3 is 0 Å². The molecule has 18 atom stereocenters. The highest BCUT2D eigenvalue weighted by Gasteiger charge is 2.76. The van der Waals surface area contributed by atoms with Crippen molar-refractivity contribution >= 4 is 17.3 Å². The molecule has 7 saturated carbocycles. The van der Waals surface area contributed by atoms with Crippen molar-refractivity contribution in [2.75, 3.05) is 19.3 Å². The van der Waals surface area contributed by atoms with E-state index in [0.717, 1.165) is 119 Å². The van der Waals surface area contributed by atoms with Crippen LogP contribution in [0.15, 0.2) is 53.6 Å². The first kappa shape index (κ1) is 49.8. The van der Waals surface area contributed by atoms with Gasteiger partial charge in [-0.2, -0.15) is 0 Å². The van der Waals surface area contributed by atoms with Gasteiger partial charge in [0.1, 0.15) is 17.6 Å². The van der Waals surface area contributed by atoms with Crippen molar-refractivity contribution in [3.63, 3.8) is 0 Å². The number of aliphatic hydroxyl groups excluding tert-OH is 1. The smallest absolute Gasteiger partial charge is 0.160 e. The summed E-state index contributed by atoms with van der Waals surface area (Å²) < 4.78 is 6.91. The van der Waals surface area contributed by atoms with Crippen LogP contribution in [-0.2, 0) is 26.3 Å². The van der Waals surface area contributed by atoms with E-state index in [2.05, 4.69) is 62.6 Å². The van der Waals surface area contributed by atoms with E-state index in [1.54, 1.807) is 0 Å². The molecule has 12 rings (SSSR count). The molecule has 2 aromatic rings. The minimum absolute atomic E-state index is 0.0117. The fourth-order valence-corrected chi connectivity index (χ4v) is 21.4. The molecule has 2 heterocycles. The number of allylic oxidation sites excluding steroid dienone is 2. The number of rotatable bonds is 8. The van der Waals surface area contributed by atoms with Crippen molar-refractivity contribution in [3.8, 4) is 5.75 Å². The second-order valence-electron chi connectivity index (χ2n) is 27.7. The van der Waals surface area contributed by atoms with E-state index >= 15 is 9.59 Å². The highest BCUT2D eigenvalue weighted by molar-refractivity contribution is 6.01. The van der Waals surface area contributed by atoms with Gasteiger partial charge in [-0.1, -0.05) is 89.5 Å². The lowest BCUT2D eigenvalue weighted by Crippen LogP contribution is -2.72. The highest BCUT2D eigenvalue weighted by Crippen LogP contribution is 2.78. The number of hydrogen-bond donors (Lipinski definition) is 6. The normalized spacial score (nSPS) is 47.2. The van der Waals surface area contributed by atoms with Gasteiger partial charge in [-0.05, 0) is 209 Å². The molecule has 9 heteroatoms. The molecule has 9 nitrogen and oxygen atoms in total. The fourth-order valence-electron chi connectivity index (χ4n) is 21.4. The molecule has 392 valence electrons. The second-order valence-corrected chi connectivity index (χ2v) is 27.7. The Balaban J connectivity index is 0.984. The van der Waals surface area contributed by atoms with E-state index in [9.17, 15) is 15.3 Å². The summed E-state index contributed by atoms with van der Waals surface area (Å²) in [5, 5.41) is 43.9. The number of phenols is 1. The van der Waals surface area contributed by atoms with Crippen LogP contribution in [0.5, 0.6) is 5.75 Å². The molecule has 1 spiro atoms. The maximum absolute atomic E-state index is 16.4. The summed E-state index contributed by atoms with van der Waals surface area (Å²) >= 11 is 0. The lowest BCUT2D eigenvalue weighted by Gasteiger charge is -2.72. The molecule has 2 saturated heterocycles. The number of β-amino-alcohol motifs (C(OH)–C–C–N with tert-alkyl or cyclic N) is 1. The summed E-state index contributed by atoms with van der Waals surface area (Å²) in [7, 11) is 1.94. The largest absolute Gasteiger partial charge is 0.508 e. The van der Waals surface area contributed by atoms with Gasteiger partial charge in [0, 0.05) is 42.1 Å². The molecule has 8 aliphatic carbocycles. The third-order valence-electron chi connectivity index (χ3n) is 23.9. The van der Waals surface area contributed by atoms with Gasteiger partial charge in [-0.3, -0.25) is 9.59 Å². The number of nitrogen functional groups attached to an aromatic ring is 1. The van der Waals surface area contributed by atoms with E-state index in [4.69, 9.17) is 10.5 Å². The zero-order chi connectivity index (χ0) is 50.4. The van der Waals surface area contributed by atoms with Crippen LogP contribution < -0.4 is 16.4 Å². The quantitative estimate of drug-likeness (QED) is 0.112. The number of nitrogens with two attached hydrogens (primary N) is 1. The Morgan fingerprint density at radius 1 is 0.875 bits per heavy atom. The number of anilines is 1. The predicted octanol–water partition coefficient (Wildman–Crippen LogP) is 11.0. The zero-order valence-corrected chi connectivity index (χ0v) is 44.8. The van der Waals surface area contributed by atoms with Crippen LogP contribution in [0.2, 0.25) is 0 Å². The SMILES string of the molecule is CNCc1cc(O)cc([C@]23CCC[C@]45CC(=O)C([C@@H]6[C@@H]7CCCC[C@@H]7CC[C@H]6[C@@H](O)[C@H]6O[C@]6(C)[C@@H]6CCC[C@H]6c6cccc(N)c6)=C4CC[C@@H]4[C@](C)(C2)[C@H]2[C@H](C[C@@]45C)NC[C@@](C)(O)CCCC[C@@]2(C)C3=O)c1. The van der Waals surface area contributed by atoms with Gasteiger partial charge in [0.15, 0.2) is 5.78 Å². The number of Topliss-reactive ketones (excluding diaryl/α,β-unsaturated/α-hetero) is 2. The first-order valence-corrected chi connectivity index (χ1v) is 29.3. The average Bonchev–Trinajstić information content (AvgIpc) is 3.62. The lowest BCUT2D eigenvalue weighted by atomic mass is 9.32. The van der Waals surface area contributed by atoms with E-state index in [-0.39, 0.29) is 57.8 Å². The van der Waals surface area contributed by atoms with Crippen LogP contribution in [-0.4, -0.2) is 69.9 Å². The maximum atomic E-state index is 16.4. The molecule has 7 N–H and O–H groups in total. The number of benzene rings is 2. The Morgan fingerprint density at radius 3 is 2.49 bits per heavy atom. The van der Waals surface area contributed by atoms with Gasteiger partial charge in [-0.15, -0.1) is 0 Å². The summed E-state index contributed by atoms with van der Waals surface area (Å²) in [4.78, 5) is 32.5. The fraction of sp³-hybridized carbons (Fsp3) is 0.746. The molecule has 0 aromatic heterocycles. The summed E-state index contributed by atoms with van der Waals surface area (Å²) in [5.74, 6) is 2.80. The molecule has 2 aromatic carbocycles. The number of carbonyl (C=O) groups is 2. The topological polar surface area (TPSA) is 157 Å². The highest BCUT2D eigenvalue weighted by atomic mass is 16.6. The Bertz CT molecular complexity index is 2520. The van der Waals surface area contributed by atoms with Crippen molar-refractivity contribution in [2.45, 2.75) is 217 Å². The van der Waals surface area contributed by atoms with Crippen LogP contribution in [0.1, 0.15) is 192 Å². The maximum Gasteiger partial charge on any atom is 0.160 e. The number of aliphatic hydroxyl groups is 2. The number of phenolic OH excluding ortho intramolecular Hbond substituents is 1. The number of epoxide rings is 1. The molecular weight excluding hydrogens is 895 g/mol. The molecular formula is C63H89N3O6. The van der Waals surface area contributed by atoms with Crippen LogP contribution in [0, 0.1) is 63.1 Å². The first-order valence-electron chi connectivity index (χ1n) is 29.3. The molecule has 0 radical (unpaired) electrons. The van der Waals surface area contributed by atoms with Crippen molar-refractivity contribution in [2.24, 2.45) is 63.1 Å². The number of fused-ring (bicyclic) bond motifs is 2. The molecule has 0 unspecified atom stereocenters. The number of nitrogens with one attached hydrogen (secondary N) is 2. The Kier molecular flexibility index (Phi) is 12.1. The molecule has 0 amide bonds. The summed E-state index contributed by atoms with van der Waals surface area (Å²) in [6.45, 7) is 12.8. The predicted molar refractivity (Wildman–Crippen MR) is 283 cm³/mol. The van der Waals surface area contributed by atoms with Crippen LogP contribution in [0.3, 0.4) is 0 Å². The number of hydrogen-bond acceptors (Lipinski definition) is 9. The van der Waals surface area contributed by atoms with Crippen molar-refractivity contribution in [1.29, 1.82) is 0 Å².